The molecule has 1 aromatic rings. The van der Waals surface area contributed by atoms with Gasteiger partial charge >= 0.3 is 12.4 Å². The van der Waals surface area contributed by atoms with E-state index >= 15 is 0 Å². The highest BCUT2D eigenvalue weighted by molar-refractivity contribution is 5.65. The number of alkyl halides is 7. The van der Waals surface area contributed by atoms with Crippen LogP contribution in [-0.2, 0) is 12.4 Å². The molecule has 0 radical (unpaired) electrons. The van der Waals surface area contributed by atoms with Crippen molar-refractivity contribution in [2.45, 2.75) is 12.4 Å². The second-order valence-electron chi connectivity index (χ2n) is 3.53. The van der Waals surface area contributed by atoms with Crippen LogP contribution in [0.25, 0.3) is 5.57 Å². The molecule has 0 aliphatic rings. The molecule has 0 aliphatic carbocycles. The molecule has 0 spiro atoms. The first kappa shape index (κ1) is 14.5. The van der Waals surface area contributed by atoms with Crippen LogP contribution in [0.2, 0.25) is 0 Å². The Bertz CT molecular complexity index is 421. The first-order valence-corrected chi connectivity index (χ1v) is 4.59. The maximum Gasteiger partial charge on any atom is 0.416 e. The first-order valence-electron chi connectivity index (χ1n) is 4.59. The summed E-state index contributed by atoms with van der Waals surface area (Å²) >= 11 is 0. The van der Waals surface area contributed by atoms with Gasteiger partial charge in [-0.3, -0.25) is 0 Å². The van der Waals surface area contributed by atoms with E-state index in [0.29, 0.717) is 12.1 Å². The normalized spacial score (nSPS) is 12.6. The van der Waals surface area contributed by atoms with Crippen LogP contribution in [0.5, 0.6) is 0 Å². The molecule has 0 bridgehead atoms. The molecule has 0 saturated carbocycles. The smallest absolute Gasteiger partial charge is 0.246 e. The zero-order valence-electron chi connectivity index (χ0n) is 8.79. The van der Waals surface area contributed by atoms with Gasteiger partial charge in [-0.15, -0.1) is 0 Å². The van der Waals surface area contributed by atoms with Gasteiger partial charge < -0.3 is 0 Å². The van der Waals surface area contributed by atoms with E-state index in [1.807, 2.05) is 0 Å². The summed E-state index contributed by atoms with van der Waals surface area (Å²) in [5, 5.41) is 0. The van der Waals surface area contributed by atoms with E-state index in [2.05, 4.69) is 6.58 Å². The van der Waals surface area contributed by atoms with Crippen LogP contribution in [0.15, 0.2) is 24.8 Å². The van der Waals surface area contributed by atoms with Crippen molar-refractivity contribution in [3.63, 3.8) is 0 Å². The molecule has 0 unspecified atom stereocenters. The molecule has 0 fully saturated rings. The van der Waals surface area contributed by atoms with Crippen molar-refractivity contribution in [3.05, 3.63) is 41.5 Å². The number of benzene rings is 1. The molecule has 18 heavy (non-hydrogen) atoms. The molecule has 0 atom stereocenters. The van der Waals surface area contributed by atoms with Crippen molar-refractivity contribution >= 4 is 5.57 Å². The van der Waals surface area contributed by atoms with Gasteiger partial charge in [-0.25, -0.2) is 4.39 Å². The number of hydrogen-bond donors (Lipinski definition) is 0. The molecule has 0 heterocycles. The van der Waals surface area contributed by atoms with Gasteiger partial charge in [0, 0.05) is 0 Å². The minimum absolute atomic E-state index is 0.0188. The summed E-state index contributed by atoms with van der Waals surface area (Å²) in [6.45, 7) is 1.86. The maximum atomic E-state index is 12.4. The molecule has 1 aromatic carbocycles. The molecular formula is C11H7F7. The quantitative estimate of drug-likeness (QED) is 0.684. The fourth-order valence-corrected chi connectivity index (χ4v) is 1.24. The Hall–Kier alpha value is -1.53. The molecule has 0 N–H and O–H groups in total. The number of rotatable bonds is 2. The largest absolute Gasteiger partial charge is 0.416 e. The van der Waals surface area contributed by atoms with Crippen molar-refractivity contribution in [2.24, 2.45) is 0 Å². The summed E-state index contributed by atoms with van der Waals surface area (Å²) in [5.74, 6) is 0. The first-order chi connectivity index (χ1) is 8.05. The summed E-state index contributed by atoms with van der Waals surface area (Å²) in [7, 11) is 0. The van der Waals surface area contributed by atoms with Gasteiger partial charge in [0.25, 0.3) is 0 Å². The Kier molecular flexibility index (Phi) is 3.73. The zero-order valence-corrected chi connectivity index (χ0v) is 8.79. The van der Waals surface area contributed by atoms with Crippen molar-refractivity contribution in [3.8, 4) is 0 Å². The van der Waals surface area contributed by atoms with Crippen LogP contribution in [0.1, 0.15) is 16.7 Å². The monoisotopic (exact) mass is 272 g/mol. The van der Waals surface area contributed by atoms with Gasteiger partial charge in [0.2, 0.25) is 0 Å². The standard InChI is InChI=1S/C11H7F7/c1-6(5-12)7-2-8(10(13,14)15)4-9(3-7)11(16,17)18/h2-4H,1,5H2. The fraction of sp³-hybridized carbons (Fsp3) is 0.273. The molecule has 0 aliphatic heterocycles. The summed E-state index contributed by atoms with van der Waals surface area (Å²) in [5.41, 5.74) is -3.92. The van der Waals surface area contributed by atoms with Gasteiger partial charge in [-0.1, -0.05) is 6.58 Å². The Morgan fingerprint density at radius 1 is 0.889 bits per heavy atom. The molecule has 0 saturated heterocycles. The predicted octanol–water partition coefficient (Wildman–Crippen LogP) is 4.71. The second-order valence-corrected chi connectivity index (χ2v) is 3.53. The average Bonchev–Trinajstić information content (AvgIpc) is 2.25. The molecule has 7 heteroatoms. The van der Waals surface area contributed by atoms with E-state index in [9.17, 15) is 30.7 Å². The third-order valence-corrected chi connectivity index (χ3v) is 2.16. The summed E-state index contributed by atoms with van der Waals surface area (Å²) < 4.78 is 86.7. The van der Waals surface area contributed by atoms with Crippen LogP contribution in [-0.4, -0.2) is 6.67 Å². The van der Waals surface area contributed by atoms with Crippen molar-refractivity contribution in [1.82, 2.24) is 0 Å². The van der Waals surface area contributed by atoms with Gasteiger partial charge in [0.15, 0.2) is 0 Å². The summed E-state index contributed by atoms with van der Waals surface area (Å²) in [4.78, 5) is 0. The van der Waals surface area contributed by atoms with Crippen molar-refractivity contribution in [1.29, 1.82) is 0 Å². The molecule has 100 valence electrons. The Morgan fingerprint density at radius 3 is 1.56 bits per heavy atom. The lowest BCUT2D eigenvalue weighted by atomic mass is 10.0. The number of allylic oxidation sites excluding steroid dienone is 1. The Morgan fingerprint density at radius 2 is 1.28 bits per heavy atom. The summed E-state index contributed by atoms with van der Waals surface area (Å²) in [6, 6.07) is 0.864. The summed E-state index contributed by atoms with van der Waals surface area (Å²) in [6.07, 6.45) is -9.88. The molecular weight excluding hydrogens is 265 g/mol. The minimum Gasteiger partial charge on any atom is -0.246 e. The van der Waals surface area contributed by atoms with Gasteiger partial charge in [0.1, 0.15) is 6.67 Å². The van der Waals surface area contributed by atoms with Crippen LogP contribution < -0.4 is 0 Å². The maximum absolute atomic E-state index is 12.4. The molecule has 1 rings (SSSR count). The van der Waals surface area contributed by atoms with Crippen LogP contribution in [0.4, 0.5) is 30.7 Å². The molecule has 0 amide bonds. The van der Waals surface area contributed by atoms with E-state index in [-0.39, 0.29) is 6.07 Å². The van der Waals surface area contributed by atoms with E-state index < -0.39 is 41.3 Å². The topological polar surface area (TPSA) is 0 Å². The van der Waals surface area contributed by atoms with E-state index in [4.69, 9.17) is 0 Å². The zero-order chi connectivity index (χ0) is 14.1. The van der Waals surface area contributed by atoms with E-state index in [1.54, 1.807) is 0 Å². The predicted molar refractivity (Wildman–Crippen MR) is 51.5 cm³/mol. The van der Waals surface area contributed by atoms with Crippen LogP contribution in [0, 0.1) is 0 Å². The third kappa shape index (κ3) is 3.24. The van der Waals surface area contributed by atoms with E-state index in [0.717, 1.165) is 0 Å². The van der Waals surface area contributed by atoms with Gasteiger partial charge in [0.05, 0.1) is 11.1 Å². The van der Waals surface area contributed by atoms with Crippen LogP contribution >= 0.6 is 0 Å². The fourth-order valence-electron chi connectivity index (χ4n) is 1.24. The molecule has 0 nitrogen and oxygen atoms in total. The second kappa shape index (κ2) is 4.62. The minimum atomic E-state index is -4.94. The third-order valence-electron chi connectivity index (χ3n) is 2.16. The van der Waals surface area contributed by atoms with Crippen molar-refractivity contribution in [2.75, 3.05) is 6.67 Å². The lowest BCUT2D eigenvalue weighted by Crippen LogP contribution is -2.11. The number of hydrogen-bond acceptors (Lipinski definition) is 0. The number of halogens is 7. The van der Waals surface area contributed by atoms with Crippen molar-refractivity contribution < 1.29 is 30.7 Å². The van der Waals surface area contributed by atoms with Gasteiger partial charge in [-0.2, -0.15) is 26.3 Å². The lowest BCUT2D eigenvalue weighted by Gasteiger charge is -2.14. The average molecular weight is 272 g/mol. The highest BCUT2D eigenvalue weighted by Crippen LogP contribution is 2.37. The SMILES string of the molecule is C=C(CF)c1cc(C(F)(F)F)cc(C(F)(F)F)c1. The molecule has 0 aromatic heterocycles. The van der Waals surface area contributed by atoms with Crippen LogP contribution in [0.3, 0.4) is 0 Å². The lowest BCUT2D eigenvalue weighted by molar-refractivity contribution is -0.143. The van der Waals surface area contributed by atoms with E-state index in [1.165, 1.54) is 0 Å². The highest BCUT2D eigenvalue weighted by atomic mass is 19.4. The Labute approximate surface area is 97.7 Å². The highest BCUT2D eigenvalue weighted by Gasteiger charge is 2.36. The Balaban J connectivity index is 3.44. The van der Waals surface area contributed by atoms with Gasteiger partial charge in [-0.05, 0) is 29.3 Å².